The topological polar surface area (TPSA) is 94.0 Å². The van der Waals surface area contributed by atoms with Crippen LogP contribution in [-0.4, -0.2) is 22.4 Å². The predicted molar refractivity (Wildman–Crippen MR) is 71.8 cm³/mol. The molecule has 1 rings (SSSR count). The molecule has 0 aliphatic rings. The fourth-order valence-corrected chi connectivity index (χ4v) is 1.73. The number of aryl methyl sites for hydroxylation is 1. The van der Waals surface area contributed by atoms with Crippen LogP contribution in [0.4, 0.5) is 5.82 Å². The van der Waals surface area contributed by atoms with Crippen LogP contribution in [-0.2, 0) is 4.79 Å². The molecule has 17 heavy (non-hydrogen) atoms. The number of nitrogens with two attached hydrogens (primary N) is 2. The largest absolute Gasteiger partial charge is 0.389 e. The summed E-state index contributed by atoms with van der Waals surface area (Å²) in [5.41, 5.74) is 12.4. The molecular formula is C11H16N4OS. The first-order chi connectivity index (χ1) is 8.02. The number of amides is 1. The van der Waals surface area contributed by atoms with Crippen molar-refractivity contribution in [1.29, 1.82) is 0 Å². The molecule has 1 aromatic rings. The van der Waals surface area contributed by atoms with E-state index in [4.69, 9.17) is 23.7 Å². The van der Waals surface area contributed by atoms with Crippen LogP contribution in [0.3, 0.4) is 0 Å². The summed E-state index contributed by atoms with van der Waals surface area (Å²) in [6.07, 6.45) is 2.69. The van der Waals surface area contributed by atoms with Crippen molar-refractivity contribution in [2.75, 3.05) is 11.9 Å². The molecule has 0 atom stereocenters. The summed E-state index contributed by atoms with van der Waals surface area (Å²) in [4.78, 5) is 15.1. The Labute approximate surface area is 106 Å². The minimum atomic E-state index is -0.307. The van der Waals surface area contributed by atoms with Crippen LogP contribution in [0.5, 0.6) is 0 Å². The number of carbonyl (C=O) groups is 1. The molecule has 0 aromatic carbocycles. The normalized spacial score (nSPS) is 9.94. The van der Waals surface area contributed by atoms with Gasteiger partial charge in [0.1, 0.15) is 10.8 Å². The van der Waals surface area contributed by atoms with Gasteiger partial charge >= 0.3 is 0 Å². The van der Waals surface area contributed by atoms with E-state index in [0.29, 0.717) is 30.2 Å². The lowest BCUT2D eigenvalue weighted by molar-refractivity contribution is -0.118. The van der Waals surface area contributed by atoms with Gasteiger partial charge < -0.3 is 16.8 Å². The van der Waals surface area contributed by atoms with Crippen molar-refractivity contribution in [3.8, 4) is 0 Å². The number of anilines is 1. The smallest absolute Gasteiger partial charge is 0.217 e. The Morgan fingerprint density at radius 2 is 2.24 bits per heavy atom. The number of hydrogen-bond donors (Lipinski definition) is 3. The number of rotatable bonds is 6. The van der Waals surface area contributed by atoms with Crippen LogP contribution in [0.15, 0.2) is 12.3 Å². The lowest BCUT2D eigenvalue weighted by Crippen LogP contribution is -2.17. The zero-order valence-corrected chi connectivity index (χ0v) is 10.5. The number of primary amides is 1. The number of nitrogens with zero attached hydrogens (tertiary/aromatic N) is 1. The SMILES string of the molecule is Cc1ccnc(NCCCC(N)=O)c1C(N)=S. The van der Waals surface area contributed by atoms with Crippen LogP contribution in [0.2, 0.25) is 0 Å². The molecule has 5 N–H and O–H groups in total. The second-order valence-electron chi connectivity index (χ2n) is 3.71. The quantitative estimate of drug-likeness (QED) is 0.512. The Hall–Kier alpha value is -1.69. The lowest BCUT2D eigenvalue weighted by Gasteiger charge is -2.11. The molecular weight excluding hydrogens is 236 g/mol. The molecule has 0 aliphatic heterocycles. The van der Waals surface area contributed by atoms with Crippen molar-refractivity contribution in [2.45, 2.75) is 19.8 Å². The zero-order chi connectivity index (χ0) is 12.8. The lowest BCUT2D eigenvalue weighted by atomic mass is 10.1. The molecule has 0 unspecified atom stereocenters. The van der Waals surface area contributed by atoms with Gasteiger partial charge in [-0.2, -0.15) is 0 Å². The Morgan fingerprint density at radius 3 is 2.82 bits per heavy atom. The van der Waals surface area contributed by atoms with E-state index in [0.717, 1.165) is 11.1 Å². The molecule has 0 spiro atoms. The summed E-state index contributed by atoms with van der Waals surface area (Å²) in [7, 11) is 0. The number of nitrogens with one attached hydrogen (secondary N) is 1. The molecule has 0 bridgehead atoms. The molecule has 0 fully saturated rings. The predicted octanol–water partition coefficient (Wildman–Crippen LogP) is 0.702. The van der Waals surface area contributed by atoms with Crippen molar-refractivity contribution < 1.29 is 4.79 Å². The maximum atomic E-state index is 10.6. The van der Waals surface area contributed by atoms with E-state index in [9.17, 15) is 4.79 Å². The molecule has 5 nitrogen and oxygen atoms in total. The maximum absolute atomic E-state index is 10.6. The van der Waals surface area contributed by atoms with Crippen molar-refractivity contribution in [1.82, 2.24) is 4.98 Å². The van der Waals surface area contributed by atoms with Gasteiger partial charge in [-0.3, -0.25) is 4.79 Å². The average molecular weight is 252 g/mol. The van der Waals surface area contributed by atoms with Gasteiger partial charge in [0.25, 0.3) is 0 Å². The standard InChI is InChI=1S/C11H16N4OS/c1-7-4-6-15-11(9(7)10(13)17)14-5-2-3-8(12)16/h4,6H,2-3,5H2,1H3,(H2,12,16)(H2,13,17)(H,14,15). The Bertz CT molecular complexity index is 433. The molecule has 0 radical (unpaired) electrons. The molecule has 1 amide bonds. The molecule has 0 saturated heterocycles. The minimum Gasteiger partial charge on any atom is -0.389 e. The summed E-state index contributed by atoms with van der Waals surface area (Å²) in [6, 6.07) is 1.85. The van der Waals surface area contributed by atoms with Crippen LogP contribution in [0, 0.1) is 6.92 Å². The Balaban J connectivity index is 2.67. The van der Waals surface area contributed by atoms with Gasteiger partial charge in [0.2, 0.25) is 5.91 Å². The van der Waals surface area contributed by atoms with Crippen LogP contribution < -0.4 is 16.8 Å². The number of carbonyl (C=O) groups excluding carboxylic acids is 1. The highest BCUT2D eigenvalue weighted by Gasteiger charge is 2.09. The molecule has 0 aliphatic carbocycles. The van der Waals surface area contributed by atoms with E-state index >= 15 is 0 Å². The summed E-state index contributed by atoms with van der Waals surface area (Å²) in [5, 5.41) is 3.10. The van der Waals surface area contributed by atoms with Crippen molar-refractivity contribution in [3.05, 3.63) is 23.4 Å². The van der Waals surface area contributed by atoms with Crippen molar-refractivity contribution in [3.63, 3.8) is 0 Å². The number of aromatic nitrogens is 1. The fourth-order valence-electron chi connectivity index (χ4n) is 1.47. The fraction of sp³-hybridized carbons (Fsp3) is 0.364. The number of hydrogen-bond acceptors (Lipinski definition) is 4. The Morgan fingerprint density at radius 1 is 1.53 bits per heavy atom. The van der Waals surface area contributed by atoms with Crippen molar-refractivity contribution in [2.24, 2.45) is 11.5 Å². The third-order valence-corrected chi connectivity index (χ3v) is 2.50. The summed E-state index contributed by atoms with van der Waals surface area (Å²) >= 11 is 4.98. The Kier molecular flexibility index (Phi) is 4.84. The van der Waals surface area contributed by atoms with E-state index in [1.54, 1.807) is 6.20 Å². The highest BCUT2D eigenvalue weighted by atomic mass is 32.1. The van der Waals surface area contributed by atoms with E-state index in [1.165, 1.54) is 0 Å². The third-order valence-electron chi connectivity index (χ3n) is 2.30. The van der Waals surface area contributed by atoms with Gasteiger partial charge in [-0.1, -0.05) is 12.2 Å². The van der Waals surface area contributed by atoms with Gasteiger partial charge in [-0.25, -0.2) is 4.98 Å². The second-order valence-corrected chi connectivity index (χ2v) is 4.15. The minimum absolute atomic E-state index is 0.307. The monoisotopic (exact) mass is 252 g/mol. The van der Waals surface area contributed by atoms with Gasteiger partial charge in [0.05, 0.1) is 5.56 Å². The molecule has 1 heterocycles. The first kappa shape index (κ1) is 13.4. The van der Waals surface area contributed by atoms with Gasteiger partial charge in [-0.15, -0.1) is 0 Å². The van der Waals surface area contributed by atoms with E-state index in [2.05, 4.69) is 10.3 Å². The van der Waals surface area contributed by atoms with Gasteiger partial charge in [0.15, 0.2) is 0 Å². The molecule has 6 heteroatoms. The zero-order valence-electron chi connectivity index (χ0n) is 9.69. The van der Waals surface area contributed by atoms with Gasteiger partial charge in [0, 0.05) is 19.2 Å². The number of thiocarbonyl (C=S) groups is 1. The van der Waals surface area contributed by atoms with Crippen LogP contribution in [0.25, 0.3) is 0 Å². The highest BCUT2D eigenvalue weighted by Crippen LogP contribution is 2.16. The first-order valence-corrected chi connectivity index (χ1v) is 5.70. The van der Waals surface area contributed by atoms with E-state index in [-0.39, 0.29) is 5.91 Å². The van der Waals surface area contributed by atoms with Gasteiger partial charge in [-0.05, 0) is 25.0 Å². The van der Waals surface area contributed by atoms with Crippen molar-refractivity contribution >= 4 is 28.9 Å². The highest BCUT2D eigenvalue weighted by molar-refractivity contribution is 7.80. The van der Waals surface area contributed by atoms with E-state index < -0.39 is 0 Å². The van der Waals surface area contributed by atoms with E-state index in [1.807, 2.05) is 13.0 Å². The average Bonchev–Trinajstić information content (AvgIpc) is 2.23. The number of pyridine rings is 1. The van der Waals surface area contributed by atoms with Crippen LogP contribution in [0.1, 0.15) is 24.0 Å². The second kappa shape index (κ2) is 6.15. The maximum Gasteiger partial charge on any atom is 0.217 e. The summed E-state index contributed by atoms with van der Waals surface area (Å²) in [6.45, 7) is 2.53. The van der Waals surface area contributed by atoms with Crippen LogP contribution >= 0.6 is 12.2 Å². The molecule has 92 valence electrons. The summed E-state index contributed by atoms with van der Waals surface area (Å²) < 4.78 is 0. The first-order valence-electron chi connectivity index (χ1n) is 5.30. The molecule has 1 aromatic heterocycles. The summed E-state index contributed by atoms with van der Waals surface area (Å²) in [5.74, 6) is 0.348. The third kappa shape index (κ3) is 3.99. The molecule has 0 saturated carbocycles.